The van der Waals surface area contributed by atoms with E-state index in [1.807, 2.05) is 0 Å². The van der Waals surface area contributed by atoms with Crippen molar-refractivity contribution in [2.45, 2.75) is 6.92 Å². The van der Waals surface area contributed by atoms with Crippen molar-refractivity contribution >= 4 is 21.8 Å². The Kier molecular flexibility index (Phi) is 3.25. The molecule has 2 rings (SSSR count). The third kappa shape index (κ3) is 2.41. The number of nitrogens with zero attached hydrogens (tertiary/aromatic N) is 1. The summed E-state index contributed by atoms with van der Waals surface area (Å²) in [6, 6.07) is 3.49. The zero-order valence-corrected chi connectivity index (χ0v) is 10.6. The molecule has 1 fully saturated rings. The molecule has 4 nitrogen and oxygen atoms in total. The van der Waals surface area contributed by atoms with Crippen molar-refractivity contribution in [3.8, 4) is 0 Å². The fourth-order valence-electron chi connectivity index (χ4n) is 1.50. The van der Waals surface area contributed by atoms with Crippen LogP contribution in [0.4, 0.5) is 0 Å². The Balaban J connectivity index is 1.96. The average Bonchev–Trinajstić information content (AvgIpc) is 2.24. The minimum Gasteiger partial charge on any atom is -0.380 e. The zero-order valence-electron chi connectivity index (χ0n) is 9.00. The number of pyridine rings is 1. The van der Waals surface area contributed by atoms with E-state index in [0.717, 1.165) is 0 Å². The van der Waals surface area contributed by atoms with Crippen molar-refractivity contribution in [3.63, 3.8) is 0 Å². The molecule has 0 saturated carbocycles. The van der Waals surface area contributed by atoms with Gasteiger partial charge in [0, 0.05) is 18.2 Å². The molecular weight excluding hydrogens is 272 g/mol. The van der Waals surface area contributed by atoms with Crippen molar-refractivity contribution in [2.75, 3.05) is 19.8 Å². The summed E-state index contributed by atoms with van der Waals surface area (Å²) in [5, 5.41) is 2.89. The summed E-state index contributed by atoms with van der Waals surface area (Å²) < 4.78 is 5.70. The molecule has 1 aromatic rings. The first-order valence-electron chi connectivity index (χ1n) is 5.07. The highest BCUT2D eigenvalue weighted by Crippen LogP contribution is 2.25. The average molecular weight is 285 g/mol. The highest BCUT2D eigenvalue weighted by atomic mass is 79.9. The molecule has 1 aliphatic rings. The first-order chi connectivity index (χ1) is 7.61. The van der Waals surface area contributed by atoms with Crippen molar-refractivity contribution < 1.29 is 9.53 Å². The topological polar surface area (TPSA) is 51.2 Å². The number of ether oxygens (including phenoxy) is 1. The number of carbonyl (C=O) groups is 1. The van der Waals surface area contributed by atoms with Gasteiger partial charge in [-0.05, 0) is 28.1 Å². The summed E-state index contributed by atoms with van der Waals surface area (Å²) in [6.07, 6.45) is 1.64. The molecule has 1 N–H and O–H groups in total. The summed E-state index contributed by atoms with van der Waals surface area (Å²) in [7, 11) is 0. The largest absolute Gasteiger partial charge is 0.380 e. The second kappa shape index (κ2) is 4.51. The summed E-state index contributed by atoms with van der Waals surface area (Å²) >= 11 is 3.25. The third-order valence-electron chi connectivity index (χ3n) is 2.58. The number of nitrogens with one attached hydrogen (secondary N) is 1. The summed E-state index contributed by atoms with van der Waals surface area (Å²) in [5.41, 5.74) is 0.649. The van der Waals surface area contributed by atoms with Crippen LogP contribution in [0.25, 0.3) is 0 Å². The van der Waals surface area contributed by atoms with Crippen LogP contribution in [0.3, 0.4) is 0 Å². The van der Waals surface area contributed by atoms with E-state index in [0.29, 0.717) is 29.9 Å². The Morgan fingerprint density at radius 2 is 2.44 bits per heavy atom. The smallest absolute Gasteiger partial charge is 0.254 e. The molecule has 0 bridgehead atoms. The Labute approximate surface area is 103 Å². The van der Waals surface area contributed by atoms with E-state index in [-0.39, 0.29) is 11.3 Å². The number of hydrogen-bond donors (Lipinski definition) is 1. The fraction of sp³-hybridized carbons (Fsp3) is 0.455. The molecule has 5 heteroatoms. The van der Waals surface area contributed by atoms with Crippen LogP contribution in [0.15, 0.2) is 22.9 Å². The van der Waals surface area contributed by atoms with Gasteiger partial charge >= 0.3 is 0 Å². The maximum absolute atomic E-state index is 11.8. The molecule has 0 aliphatic carbocycles. The number of hydrogen-bond acceptors (Lipinski definition) is 3. The molecule has 0 aromatic carbocycles. The van der Waals surface area contributed by atoms with E-state index in [1.54, 1.807) is 18.3 Å². The number of halogens is 1. The monoisotopic (exact) mass is 284 g/mol. The molecule has 1 saturated heterocycles. The van der Waals surface area contributed by atoms with Gasteiger partial charge in [-0.3, -0.25) is 4.79 Å². The molecule has 0 unspecified atom stereocenters. The van der Waals surface area contributed by atoms with Gasteiger partial charge in [-0.2, -0.15) is 0 Å². The quantitative estimate of drug-likeness (QED) is 0.858. The van der Waals surface area contributed by atoms with E-state index in [9.17, 15) is 4.79 Å². The zero-order chi connectivity index (χ0) is 11.6. The lowest BCUT2D eigenvalue weighted by atomic mass is 9.89. The van der Waals surface area contributed by atoms with Crippen molar-refractivity contribution in [1.82, 2.24) is 10.3 Å². The number of aromatic nitrogens is 1. The molecule has 1 amide bonds. The normalized spacial score (nSPS) is 17.6. The fourth-order valence-corrected chi connectivity index (χ4v) is 1.93. The Hall–Kier alpha value is -0.940. The van der Waals surface area contributed by atoms with Gasteiger partial charge in [0.25, 0.3) is 5.91 Å². The van der Waals surface area contributed by atoms with Crippen molar-refractivity contribution in [3.05, 3.63) is 28.5 Å². The second-order valence-corrected chi connectivity index (χ2v) is 5.08. The van der Waals surface area contributed by atoms with Gasteiger partial charge in [0.05, 0.1) is 18.8 Å². The van der Waals surface area contributed by atoms with Crippen LogP contribution in [0.1, 0.15) is 17.3 Å². The third-order valence-corrected chi connectivity index (χ3v) is 3.21. The SMILES string of the molecule is CC1(CNC(=O)c2cccnc2Br)COC1. The molecule has 16 heavy (non-hydrogen) atoms. The highest BCUT2D eigenvalue weighted by Gasteiger charge is 2.33. The van der Waals surface area contributed by atoms with Crippen molar-refractivity contribution in [1.29, 1.82) is 0 Å². The number of carbonyl (C=O) groups excluding carboxylic acids is 1. The Bertz CT molecular complexity index is 405. The van der Waals surface area contributed by atoms with Crippen LogP contribution >= 0.6 is 15.9 Å². The summed E-state index contributed by atoms with van der Waals surface area (Å²) in [6.45, 7) is 4.14. The molecule has 0 spiro atoms. The molecule has 0 atom stereocenters. The predicted molar refractivity (Wildman–Crippen MR) is 63.2 cm³/mol. The molecule has 0 radical (unpaired) electrons. The molecule has 2 heterocycles. The highest BCUT2D eigenvalue weighted by molar-refractivity contribution is 9.10. The van der Waals surface area contributed by atoms with Crippen LogP contribution in [-0.2, 0) is 4.74 Å². The molecule has 86 valence electrons. The lowest BCUT2D eigenvalue weighted by molar-refractivity contribution is -0.0978. The maximum Gasteiger partial charge on any atom is 0.254 e. The number of amides is 1. The van der Waals surface area contributed by atoms with Gasteiger partial charge in [-0.15, -0.1) is 0 Å². The molecule has 1 aromatic heterocycles. The van der Waals surface area contributed by atoms with Crippen LogP contribution in [0.5, 0.6) is 0 Å². The van der Waals surface area contributed by atoms with E-state index in [2.05, 4.69) is 33.2 Å². The van der Waals surface area contributed by atoms with Crippen LogP contribution < -0.4 is 5.32 Å². The van der Waals surface area contributed by atoms with Crippen LogP contribution in [-0.4, -0.2) is 30.6 Å². The van der Waals surface area contributed by atoms with Gasteiger partial charge in [0.2, 0.25) is 0 Å². The predicted octanol–water partition coefficient (Wildman–Crippen LogP) is 1.61. The lowest BCUT2D eigenvalue weighted by Crippen LogP contribution is -2.48. The standard InChI is InChI=1S/C11H13BrN2O2/c1-11(6-16-7-11)5-14-10(15)8-3-2-4-13-9(8)12/h2-4H,5-7H2,1H3,(H,14,15). The minimum absolute atomic E-state index is 0.0876. The minimum atomic E-state index is -0.104. The van der Waals surface area contributed by atoms with Crippen LogP contribution in [0.2, 0.25) is 0 Å². The van der Waals surface area contributed by atoms with E-state index < -0.39 is 0 Å². The summed E-state index contributed by atoms with van der Waals surface area (Å²) in [4.78, 5) is 15.8. The second-order valence-electron chi connectivity index (χ2n) is 4.33. The lowest BCUT2D eigenvalue weighted by Gasteiger charge is -2.38. The van der Waals surface area contributed by atoms with Crippen LogP contribution in [0, 0.1) is 5.41 Å². The van der Waals surface area contributed by atoms with Gasteiger partial charge in [0.15, 0.2) is 0 Å². The van der Waals surface area contributed by atoms with Gasteiger partial charge in [0.1, 0.15) is 4.60 Å². The van der Waals surface area contributed by atoms with E-state index in [4.69, 9.17) is 4.74 Å². The Morgan fingerprint density at radius 3 is 3.00 bits per heavy atom. The van der Waals surface area contributed by atoms with Gasteiger partial charge < -0.3 is 10.1 Å². The summed E-state index contributed by atoms with van der Waals surface area (Å²) in [5.74, 6) is -0.104. The maximum atomic E-state index is 11.8. The van der Waals surface area contributed by atoms with E-state index >= 15 is 0 Å². The Morgan fingerprint density at radius 1 is 1.69 bits per heavy atom. The van der Waals surface area contributed by atoms with Gasteiger partial charge in [-0.25, -0.2) is 4.98 Å². The first kappa shape index (κ1) is 11.5. The first-order valence-corrected chi connectivity index (χ1v) is 5.86. The number of rotatable bonds is 3. The van der Waals surface area contributed by atoms with Crippen molar-refractivity contribution in [2.24, 2.45) is 5.41 Å². The van der Waals surface area contributed by atoms with Gasteiger partial charge in [-0.1, -0.05) is 6.92 Å². The molecule has 1 aliphatic heterocycles. The van der Waals surface area contributed by atoms with E-state index in [1.165, 1.54) is 0 Å². The molecular formula is C11H13BrN2O2.